The molecule has 0 bridgehead atoms. The third-order valence-corrected chi connectivity index (χ3v) is 3.06. The summed E-state index contributed by atoms with van der Waals surface area (Å²) in [5.74, 6) is 0. The van der Waals surface area contributed by atoms with Crippen LogP contribution in [0.4, 0.5) is 13.2 Å². The molecule has 0 saturated heterocycles. The molecule has 1 unspecified atom stereocenters. The van der Waals surface area contributed by atoms with E-state index in [4.69, 9.17) is 5.73 Å². The molecule has 0 spiro atoms. The highest BCUT2D eigenvalue weighted by Gasteiger charge is 2.36. The van der Waals surface area contributed by atoms with Gasteiger partial charge in [-0.3, -0.25) is 4.90 Å². The second-order valence-corrected chi connectivity index (χ2v) is 4.31. The Labute approximate surface area is 88.6 Å². The molecule has 0 aliphatic heterocycles. The molecule has 2 nitrogen and oxygen atoms in total. The molecule has 0 aromatic heterocycles. The van der Waals surface area contributed by atoms with E-state index in [0.717, 1.165) is 25.7 Å². The summed E-state index contributed by atoms with van der Waals surface area (Å²) in [6.07, 6.45) is -0.292. The lowest BCUT2D eigenvalue weighted by Gasteiger charge is -2.34. The van der Waals surface area contributed by atoms with Crippen molar-refractivity contribution in [2.24, 2.45) is 5.73 Å². The molecule has 1 atom stereocenters. The van der Waals surface area contributed by atoms with Gasteiger partial charge in [0.25, 0.3) is 0 Å². The van der Waals surface area contributed by atoms with Gasteiger partial charge < -0.3 is 5.73 Å². The predicted molar refractivity (Wildman–Crippen MR) is 53.5 cm³/mol. The van der Waals surface area contributed by atoms with Crippen LogP contribution in [0.3, 0.4) is 0 Å². The monoisotopic (exact) mass is 224 g/mol. The average Bonchev–Trinajstić information content (AvgIpc) is 2.64. The Balaban J connectivity index is 2.59. The Morgan fingerprint density at radius 1 is 1.33 bits per heavy atom. The van der Waals surface area contributed by atoms with Crippen LogP contribution in [-0.4, -0.2) is 36.2 Å². The minimum absolute atomic E-state index is 0.0742. The molecule has 1 saturated carbocycles. The Morgan fingerprint density at radius 2 is 1.87 bits per heavy atom. The number of hydrogen-bond donors (Lipinski definition) is 1. The van der Waals surface area contributed by atoms with Crippen LogP contribution in [0.15, 0.2) is 0 Å². The van der Waals surface area contributed by atoms with Crippen molar-refractivity contribution in [3.05, 3.63) is 0 Å². The molecule has 0 radical (unpaired) electrons. The molecule has 1 rings (SSSR count). The molecular weight excluding hydrogens is 205 g/mol. The first-order valence-corrected chi connectivity index (χ1v) is 5.46. The van der Waals surface area contributed by atoms with Crippen LogP contribution in [0.5, 0.6) is 0 Å². The number of rotatable bonds is 4. The van der Waals surface area contributed by atoms with Crippen molar-refractivity contribution in [1.82, 2.24) is 4.90 Å². The zero-order chi connectivity index (χ0) is 11.5. The number of nitrogens with zero attached hydrogens (tertiary/aromatic N) is 1. The number of halogens is 3. The van der Waals surface area contributed by atoms with Crippen LogP contribution in [0.25, 0.3) is 0 Å². The van der Waals surface area contributed by atoms with E-state index in [1.54, 1.807) is 6.92 Å². The van der Waals surface area contributed by atoms with Crippen molar-refractivity contribution in [2.45, 2.75) is 50.9 Å². The summed E-state index contributed by atoms with van der Waals surface area (Å²) in [4.78, 5) is 1.52. The molecule has 2 N–H and O–H groups in total. The largest absolute Gasteiger partial charge is 0.401 e. The summed E-state index contributed by atoms with van der Waals surface area (Å²) < 4.78 is 37.1. The van der Waals surface area contributed by atoms with Crippen LogP contribution in [0, 0.1) is 0 Å². The summed E-state index contributed by atoms with van der Waals surface area (Å²) in [5.41, 5.74) is 5.45. The van der Waals surface area contributed by atoms with Crippen LogP contribution in [0.1, 0.15) is 32.6 Å². The highest BCUT2D eigenvalue weighted by atomic mass is 19.4. The fourth-order valence-electron chi connectivity index (χ4n) is 2.22. The minimum atomic E-state index is -4.12. The maximum atomic E-state index is 12.4. The second kappa shape index (κ2) is 5.16. The van der Waals surface area contributed by atoms with Crippen molar-refractivity contribution in [1.29, 1.82) is 0 Å². The van der Waals surface area contributed by atoms with E-state index >= 15 is 0 Å². The van der Waals surface area contributed by atoms with Gasteiger partial charge in [0.2, 0.25) is 0 Å². The highest BCUT2D eigenvalue weighted by Crippen LogP contribution is 2.28. The van der Waals surface area contributed by atoms with E-state index < -0.39 is 12.7 Å². The predicted octanol–water partition coefficient (Wildman–Crippen LogP) is 2.14. The van der Waals surface area contributed by atoms with Gasteiger partial charge in [-0.25, -0.2) is 0 Å². The van der Waals surface area contributed by atoms with E-state index in [2.05, 4.69) is 0 Å². The Hall–Kier alpha value is -0.290. The normalized spacial score (nSPS) is 21.2. The number of hydrogen-bond acceptors (Lipinski definition) is 2. The first-order chi connectivity index (χ1) is 6.94. The lowest BCUT2D eigenvalue weighted by Crippen LogP contribution is -2.48. The smallest absolute Gasteiger partial charge is 0.329 e. The van der Waals surface area contributed by atoms with Crippen LogP contribution in [-0.2, 0) is 0 Å². The SMILES string of the molecule is CC(CN)N(CC(F)(F)F)C1CCCC1. The van der Waals surface area contributed by atoms with Crippen LogP contribution >= 0.6 is 0 Å². The van der Waals surface area contributed by atoms with Gasteiger partial charge in [-0.05, 0) is 19.8 Å². The summed E-state index contributed by atoms with van der Waals surface area (Å²) in [6.45, 7) is 1.23. The first-order valence-electron chi connectivity index (χ1n) is 5.46. The summed E-state index contributed by atoms with van der Waals surface area (Å²) in [5, 5.41) is 0. The molecule has 0 aromatic rings. The number of nitrogens with two attached hydrogens (primary N) is 1. The lowest BCUT2D eigenvalue weighted by atomic mass is 10.1. The van der Waals surface area contributed by atoms with Crippen molar-refractivity contribution in [2.75, 3.05) is 13.1 Å². The quantitative estimate of drug-likeness (QED) is 0.792. The van der Waals surface area contributed by atoms with Crippen LogP contribution in [0.2, 0.25) is 0 Å². The maximum absolute atomic E-state index is 12.4. The Bertz CT molecular complexity index is 188. The van der Waals surface area contributed by atoms with Crippen molar-refractivity contribution in [3.8, 4) is 0 Å². The molecule has 1 aliphatic carbocycles. The summed E-state index contributed by atoms with van der Waals surface area (Å²) in [6, 6.07) is -0.111. The van der Waals surface area contributed by atoms with Crippen molar-refractivity contribution in [3.63, 3.8) is 0 Å². The highest BCUT2D eigenvalue weighted by molar-refractivity contribution is 4.83. The zero-order valence-corrected chi connectivity index (χ0v) is 9.06. The molecular formula is C10H19F3N2. The van der Waals surface area contributed by atoms with Gasteiger partial charge in [0.1, 0.15) is 0 Å². The van der Waals surface area contributed by atoms with Gasteiger partial charge in [0, 0.05) is 18.6 Å². The van der Waals surface area contributed by atoms with Gasteiger partial charge in [-0.2, -0.15) is 13.2 Å². The molecule has 5 heteroatoms. The molecule has 1 aliphatic rings. The first kappa shape index (κ1) is 12.8. The number of alkyl halides is 3. The van der Waals surface area contributed by atoms with E-state index in [-0.39, 0.29) is 18.6 Å². The van der Waals surface area contributed by atoms with Gasteiger partial charge in [-0.15, -0.1) is 0 Å². The van der Waals surface area contributed by atoms with Crippen molar-refractivity contribution < 1.29 is 13.2 Å². The Kier molecular flexibility index (Phi) is 4.40. The van der Waals surface area contributed by atoms with Gasteiger partial charge >= 0.3 is 6.18 Å². The summed E-state index contributed by atoms with van der Waals surface area (Å²) >= 11 is 0. The third-order valence-electron chi connectivity index (χ3n) is 3.06. The van der Waals surface area contributed by atoms with E-state index in [9.17, 15) is 13.2 Å². The molecule has 15 heavy (non-hydrogen) atoms. The fraction of sp³-hybridized carbons (Fsp3) is 1.00. The maximum Gasteiger partial charge on any atom is 0.401 e. The van der Waals surface area contributed by atoms with Gasteiger partial charge in [0.05, 0.1) is 6.54 Å². The fourth-order valence-corrected chi connectivity index (χ4v) is 2.22. The van der Waals surface area contributed by atoms with Gasteiger partial charge in [-0.1, -0.05) is 12.8 Å². The molecule has 0 heterocycles. The minimum Gasteiger partial charge on any atom is -0.329 e. The molecule has 90 valence electrons. The van der Waals surface area contributed by atoms with E-state index in [0.29, 0.717) is 0 Å². The van der Waals surface area contributed by atoms with E-state index in [1.807, 2.05) is 0 Å². The third kappa shape index (κ3) is 3.99. The van der Waals surface area contributed by atoms with E-state index in [1.165, 1.54) is 4.90 Å². The molecule has 0 amide bonds. The Morgan fingerprint density at radius 3 is 2.27 bits per heavy atom. The standard InChI is InChI=1S/C10H19F3N2/c1-8(6-14)15(7-10(11,12)13)9-4-2-3-5-9/h8-9H,2-7,14H2,1H3. The van der Waals surface area contributed by atoms with Gasteiger partial charge in [0.15, 0.2) is 0 Å². The lowest BCUT2D eigenvalue weighted by molar-refractivity contribution is -0.155. The molecule has 0 aromatic carbocycles. The topological polar surface area (TPSA) is 29.3 Å². The van der Waals surface area contributed by atoms with Crippen LogP contribution < -0.4 is 5.73 Å². The second-order valence-electron chi connectivity index (χ2n) is 4.31. The van der Waals surface area contributed by atoms with Crippen molar-refractivity contribution >= 4 is 0 Å². The zero-order valence-electron chi connectivity index (χ0n) is 9.06. The summed E-state index contributed by atoms with van der Waals surface area (Å²) in [7, 11) is 0. The molecule has 1 fully saturated rings. The average molecular weight is 224 g/mol.